The van der Waals surface area contributed by atoms with Gasteiger partial charge in [-0.2, -0.15) is 0 Å². The van der Waals surface area contributed by atoms with Crippen LogP contribution in [0.2, 0.25) is 0 Å². The Bertz CT molecular complexity index is 521. The zero-order valence-corrected chi connectivity index (χ0v) is 10.1. The summed E-state index contributed by atoms with van der Waals surface area (Å²) in [5.74, 6) is -1.43. The van der Waals surface area contributed by atoms with Crippen LogP contribution in [0.4, 0.5) is 13.2 Å². The largest absolute Gasteiger partial charge is 0.488 e. The molecule has 0 unspecified atom stereocenters. The van der Waals surface area contributed by atoms with Gasteiger partial charge in [0.05, 0.1) is 0 Å². The average molecular weight is 270 g/mol. The Hall–Kier alpha value is -1.62. The Morgan fingerprint density at radius 1 is 0.944 bits per heavy atom. The van der Waals surface area contributed by atoms with Crippen LogP contribution >= 0.6 is 12.6 Å². The molecule has 0 spiro atoms. The molecule has 0 heterocycles. The van der Waals surface area contributed by atoms with Crippen LogP contribution in [0.3, 0.4) is 0 Å². The van der Waals surface area contributed by atoms with Crippen molar-refractivity contribution in [2.75, 3.05) is 0 Å². The summed E-state index contributed by atoms with van der Waals surface area (Å²) in [7, 11) is 0. The van der Waals surface area contributed by atoms with Gasteiger partial charge in [0.25, 0.3) is 0 Å². The lowest BCUT2D eigenvalue weighted by Crippen LogP contribution is -2.00. The average Bonchev–Trinajstić information content (AvgIpc) is 2.34. The summed E-state index contributed by atoms with van der Waals surface area (Å²) in [6.45, 7) is -0.194. The second-order valence-corrected chi connectivity index (χ2v) is 4.12. The van der Waals surface area contributed by atoms with Gasteiger partial charge in [0.1, 0.15) is 29.8 Å². The van der Waals surface area contributed by atoms with E-state index in [1.165, 1.54) is 12.1 Å². The number of rotatable bonds is 3. The fraction of sp³-hybridized carbons (Fsp3) is 0.0769. The Labute approximate surface area is 108 Å². The molecular formula is C13H9F3OS. The van der Waals surface area contributed by atoms with Crippen LogP contribution in [-0.2, 0) is 6.61 Å². The first-order valence-electron chi connectivity index (χ1n) is 5.11. The molecule has 0 amide bonds. The van der Waals surface area contributed by atoms with E-state index in [1.807, 2.05) is 0 Å². The van der Waals surface area contributed by atoms with Crippen LogP contribution in [-0.4, -0.2) is 0 Å². The summed E-state index contributed by atoms with van der Waals surface area (Å²) in [6, 6.07) is 6.87. The first-order valence-corrected chi connectivity index (χ1v) is 5.56. The second kappa shape index (κ2) is 5.35. The number of halogens is 3. The highest BCUT2D eigenvalue weighted by molar-refractivity contribution is 7.80. The lowest BCUT2D eigenvalue weighted by atomic mass is 10.2. The van der Waals surface area contributed by atoms with Crippen LogP contribution in [0, 0.1) is 17.5 Å². The maximum atomic E-state index is 13.3. The molecule has 94 valence electrons. The van der Waals surface area contributed by atoms with Crippen LogP contribution in [0.5, 0.6) is 5.75 Å². The van der Waals surface area contributed by atoms with E-state index in [0.717, 1.165) is 24.3 Å². The molecule has 0 N–H and O–H groups in total. The monoisotopic (exact) mass is 270 g/mol. The van der Waals surface area contributed by atoms with Crippen molar-refractivity contribution in [3.63, 3.8) is 0 Å². The highest BCUT2D eigenvalue weighted by Crippen LogP contribution is 2.24. The topological polar surface area (TPSA) is 9.23 Å². The van der Waals surface area contributed by atoms with E-state index in [-0.39, 0.29) is 17.9 Å². The molecule has 0 fully saturated rings. The number of benzene rings is 2. The van der Waals surface area contributed by atoms with Gasteiger partial charge in [-0.25, -0.2) is 13.2 Å². The van der Waals surface area contributed by atoms with Crippen molar-refractivity contribution >= 4 is 12.6 Å². The second-order valence-electron chi connectivity index (χ2n) is 3.64. The van der Waals surface area contributed by atoms with Gasteiger partial charge in [-0.3, -0.25) is 0 Å². The molecule has 18 heavy (non-hydrogen) atoms. The van der Waals surface area contributed by atoms with Crippen molar-refractivity contribution in [2.45, 2.75) is 11.5 Å². The molecule has 0 saturated heterocycles. The van der Waals surface area contributed by atoms with Gasteiger partial charge in [-0.05, 0) is 30.3 Å². The van der Waals surface area contributed by atoms with E-state index >= 15 is 0 Å². The Kier molecular flexibility index (Phi) is 3.81. The molecule has 5 heteroatoms. The third-order valence-electron chi connectivity index (χ3n) is 2.31. The number of hydrogen-bond acceptors (Lipinski definition) is 2. The maximum absolute atomic E-state index is 13.3. The van der Waals surface area contributed by atoms with Crippen molar-refractivity contribution < 1.29 is 17.9 Å². The van der Waals surface area contributed by atoms with E-state index in [4.69, 9.17) is 4.74 Å². The molecule has 0 aliphatic carbocycles. The van der Waals surface area contributed by atoms with Crippen LogP contribution in [0.15, 0.2) is 41.3 Å². The SMILES string of the molecule is Fc1ccc(F)c(COc2cc(F)ccc2S)c1. The van der Waals surface area contributed by atoms with Crippen LogP contribution < -0.4 is 4.74 Å². The van der Waals surface area contributed by atoms with Crippen molar-refractivity contribution in [3.8, 4) is 5.75 Å². The first kappa shape index (κ1) is 12.8. The van der Waals surface area contributed by atoms with Crippen molar-refractivity contribution in [3.05, 3.63) is 59.4 Å². The molecular weight excluding hydrogens is 261 g/mol. The van der Waals surface area contributed by atoms with Crippen LogP contribution in [0.25, 0.3) is 0 Å². The molecule has 0 radical (unpaired) electrons. The predicted octanol–water partition coefficient (Wildman–Crippen LogP) is 3.97. The normalized spacial score (nSPS) is 10.4. The minimum Gasteiger partial charge on any atom is -0.488 e. The molecule has 0 aliphatic rings. The van der Waals surface area contributed by atoms with Crippen molar-refractivity contribution in [1.29, 1.82) is 0 Å². The minimum absolute atomic E-state index is 0.0620. The van der Waals surface area contributed by atoms with Gasteiger partial charge in [0.2, 0.25) is 0 Å². The Balaban J connectivity index is 2.16. The summed E-state index contributed by atoms with van der Waals surface area (Å²) in [6.07, 6.45) is 0. The summed E-state index contributed by atoms with van der Waals surface area (Å²) < 4.78 is 44.4. The summed E-state index contributed by atoms with van der Waals surface area (Å²) in [5.41, 5.74) is 0.0620. The van der Waals surface area contributed by atoms with Gasteiger partial charge in [0.15, 0.2) is 0 Å². The van der Waals surface area contributed by atoms with Gasteiger partial charge < -0.3 is 4.74 Å². The molecule has 2 rings (SSSR count). The fourth-order valence-corrected chi connectivity index (χ4v) is 1.62. The van der Waals surface area contributed by atoms with Crippen molar-refractivity contribution in [2.24, 2.45) is 0 Å². The molecule has 0 aromatic heterocycles. The highest BCUT2D eigenvalue weighted by Gasteiger charge is 2.07. The third-order valence-corrected chi connectivity index (χ3v) is 2.68. The molecule has 2 aromatic rings. The Morgan fingerprint density at radius 2 is 1.61 bits per heavy atom. The molecule has 2 aromatic carbocycles. The molecule has 0 bridgehead atoms. The van der Waals surface area contributed by atoms with Gasteiger partial charge >= 0.3 is 0 Å². The zero-order valence-electron chi connectivity index (χ0n) is 9.16. The van der Waals surface area contributed by atoms with E-state index in [1.54, 1.807) is 0 Å². The van der Waals surface area contributed by atoms with Crippen molar-refractivity contribution in [1.82, 2.24) is 0 Å². The van der Waals surface area contributed by atoms with E-state index in [2.05, 4.69) is 12.6 Å². The maximum Gasteiger partial charge on any atom is 0.136 e. The van der Waals surface area contributed by atoms with Gasteiger partial charge in [-0.15, -0.1) is 12.6 Å². The number of thiol groups is 1. The van der Waals surface area contributed by atoms with Crippen LogP contribution in [0.1, 0.15) is 5.56 Å². The minimum atomic E-state index is -0.575. The highest BCUT2D eigenvalue weighted by atomic mass is 32.1. The fourth-order valence-electron chi connectivity index (χ4n) is 1.41. The van der Waals surface area contributed by atoms with E-state index < -0.39 is 17.5 Å². The smallest absolute Gasteiger partial charge is 0.136 e. The first-order chi connectivity index (χ1) is 8.56. The molecule has 0 saturated carbocycles. The van der Waals surface area contributed by atoms with E-state index in [9.17, 15) is 13.2 Å². The molecule has 0 aliphatic heterocycles. The standard InChI is InChI=1S/C13H9F3OS/c14-9-1-3-11(16)8(5-9)7-17-12-6-10(15)2-4-13(12)18/h1-6,18H,7H2. The summed E-state index contributed by atoms with van der Waals surface area (Å²) in [4.78, 5) is 0.424. The Morgan fingerprint density at radius 3 is 2.39 bits per heavy atom. The lowest BCUT2D eigenvalue weighted by Gasteiger charge is -2.09. The zero-order chi connectivity index (χ0) is 13.1. The summed E-state index contributed by atoms with van der Waals surface area (Å²) >= 11 is 4.08. The lowest BCUT2D eigenvalue weighted by molar-refractivity contribution is 0.290. The summed E-state index contributed by atoms with van der Waals surface area (Å²) in [5, 5.41) is 0. The predicted molar refractivity (Wildman–Crippen MR) is 64.3 cm³/mol. The molecule has 0 atom stereocenters. The van der Waals surface area contributed by atoms with Gasteiger partial charge in [-0.1, -0.05) is 0 Å². The quantitative estimate of drug-likeness (QED) is 0.830. The third kappa shape index (κ3) is 2.98. The van der Waals surface area contributed by atoms with E-state index in [0.29, 0.717) is 4.90 Å². The molecule has 1 nitrogen and oxygen atoms in total. The van der Waals surface area contributed by atoms with Gasteiger partial charge in [0, 0.05) is 16.5 Å². The number of ether oxygens (including phenoxy) is 1. The number of hydrogen-bond donors (Lipinski definition) is 1.